The summed E-state index contributed by atoms with van der Waals surface area (Å²) in [6, 6.07) is 0. The minimum absolute atomic E-state index is 0. The summed E-state index contributed by atoms with van der Waals surface area (Å²) in [5, 5.41) is 7.55. The van der Waals surface area contributed by atoms with E-state index in [0.29, 0.717) is 10.1 Å². The number of carbonyl (C=O) groups is 1. The van der Waals surface area contributed by atoms with E-state index in [9.17, 15) is 4.79 Å². The summed E-state index contributed by atoms with van der Waals surface area (Å²) < 4.78 is 5.92. The molecule has 0 saturated carbocycles. The van der Waals surface area contributed by atoms with Crippen molar-refractivity contribution >= 4 is 41.7 Å². The maximum Gasteiger partial charge on any atom is 0.309 e. The Labute approximate surface area is 103 Å². The lowest BCUT2D eigenvalue weighted by atomic mass is 10.2. The molecule has 0 aliphatic heterocycles. The van der Waals surface area contributed by atoms with Crippen LogP contribution in [-0.2, 0) is 22.2 Å². The van der Waals surface area contributed by atoms with Gasteiger partial charge in [-0.2, -0.15) is 10.2 Å². The first kappa shape index (κ1) is 14.5. The molecule has 0 fully saturated rings. The largest absolute Gasteiger partial charge is 0.469 e. The SMILES string of the molecule is COC(=O)C(C)CSc1nnc([S-])s1.[CH3+]. The zero-order chi connectivity index (χ0) is 10.6. The van der Waals surface area contributed by atoms with E-state index in [1.54, 1.807) is 0 Å². The van der Waals surface area contributed by atoms with Crippen LogP contribution in [0.1, 0.15) is 6.92 Å². The number of thioether (sulfide) groups is 1. The van der Waals surface area contributed by atoms with Gasteiger partial charge in [-0.1, -0.05) is 6.92 Å². The van der Waals surface area contributed by atoms with Crippen LogP contribution >= 0.6 is 23.1 Å². The first-order valence-electron chi connectivity index (χ1n) is 3.84. The molecular formula is C8H12N2O2S3. The number of nitrogens with zero attached hydrogens (tertiary/aromatic N) is 2. The second kappa shape index (κ2) is 6.86. The molecule has 0 radical (unpaired) electrons. The smallest absolute Gasteiger partial charge is 0.309 e. The van der Waals surface area contributed by atoms with Crippen molar-refractivity contribution < 1.29 is 9.53 Å². The van der Waals surface area contributed by atoms with Crippen molar-refractivity contribution in [2.75, 3.05) is 12.9 Å². The molecule has 15 heavy (non-hydrogen) atoms. The highest BCUT2D eigenvalue weighted by molar-refractivity contribution is 8.01. The normalized spacial score (nSPS) is 11.6. The first-order chi connectivity index (χ1) is 6.63. The summed E-state index contributed by atoms with van der Waals surface area (Å²) in [6.07, 6.45) is 0. The number of ether oxygens (including phenoxy) is 1. The van der Waals surface area contributed by atoms with Gasteiger partial charge in [-0.05, 0) is 4.34 Å². The summed E-state index contributed by atoms with van der Waals surface area (Å²) in [6.45, 7) is 1.81. The van der Waals surface area contributed by atoms with Crippen molar-refractivity contribution in [1.82, 2.24) is 10.2 Å². The van der Waals surface area contributed by atoms with E-state index in [-0.39, 0.29) is 19.3 Å². The lowest BCUT2D eigenvalue weighted by Gasteiger charge is -2.07. The molecule has 0 aliphatic rings. The molecule has 1 aromatic heterocycles. The predicted molar refractivity (Wildman–Crippen MR) is 63.9 cm³/mol. The van der Waals surface area contributed by atoms with E-state index in [0.717, 1.165) is 4.34 Å². The summed E-state index contributed by atoms with van der Waals surface area (Å²) in [5.41, 5.74) is 0. The number of hydrogen-bond donors (Lipinski definition) is 0. The molecule has 0 aromatic carbocycles. The lowest BCUT2D eigenvalue weighted by molar-refractivity contribution is -0.143. The van der Waals surface area contributed by atoms with Crippen molar-refractivity contribution in [3.05, 3.63) is 7.43 Å². The minimum atomic E-state index is -0.208. The Balaban J connectivity index is 0.00000196. The molecule has 0 aliphatic carbocycles. The predicted octanol–water partition coefficient (Wildman–Crippen LogP) is 1.80. The van der Waals surface area contributed by atoms with Crippen molar-refractivity contribution in [2.45, 2.75) is 15.6 Å². The molecule has 0 amide bonds. The van der Waals surface area contributed by atoms with Gasteiger partial charge in [-0.25, -0.2) is 0 Å². The molecule has 0 bridgehead atoms. The Kier molecular flexibility index (Phi) is 6.62. The summed E-state index contributed by atoms with van der Waals surface area (Å²) in [5.74, 6) is 0.291. The fourth-order valence-corrected chi connectivity index (χ4v) is 2.77. The van der Waals surface area contributed by atoms with Crippen molar-refractivity contribution in [1.29, 1.82) is 0 Å². The molecule has 1 unspecified atom stereocenters. The minimum Gasteiger partial charge on any atom is -0.469 e. The molecule has 7 heteroatoms. The standard InChI is InChI=1S/C7H10N2O2S3.CH3/c1-4(5(10)11-2)3-13-7-9-8-6(12)14-7;/h4H,3H2,1-2H3,(H,8,12);1H3/q;+1/p-1. The second-order valence-electron chi connectivity index (χ2n) is 2.57. The average Bonchev–Trinajstić information content (AvgIpc) is 2.59. The van der Waals surface area contributed by atoms with Crippen LogP contribution in [0.25, 0.3) is 0 Å². The Morgan fingerprint density at radius 2 is 2.33 bits per heavy atom. The third-order valence-electron chi connectivity index (χ3n) is 1.45. The van der Waals surface area contributed by atoms with Crippen molar-refractivity contribution in [2.24, 2.45) is 5.92 Å². The maximum atomic E-state index is 11.0. The van der Waals surface area contributed by atoms with Gasteiger partial charge in [0.2, 0.25) is 0 Å². The van der Waals surface area contributed by atoms with E-state index in [2.05, 4.69) is 14.9 Å². The van der Waals surface area contributed by atoms with E-state index in [4.69, 9.17) is 12.6 Å². The lowest BCUT2D eigenvalue weighted by Crippen LogP contribution is -2.14. The summed E-state index contributed by atoms with van der Waals surface area (Å²) in [7, 11) is 1.38. The van der Waals surface area contributed by atoms with Crippen LogP contribution in [0, 0.1) is 13.3 Å². The van der Waals surface area contributed by atoms with Gasteiger partial charge < -0.3 is 28.7 Å². The second-order valence-corrected chi connectivity index (χ2v) is 5.46. The number of rotatable bonds is 4. The maximum absolute atomic E-state index is 11.0. The van der Waals surface area contributed by atoms with Gasteiger partial charge >= 0.3 is 5.97 Å². The molecular weight excluding hydrogens is 252 g/mol. The highest BCUT2D eigenvalue weighted by Crippen LogP contribution is 2.24. The van der Waals surface area contributed by atoms with Gasteiger partial charge in [-0.3, -0.25) is 4.79 Å². The Morgan fingerprint density at radius 1 is 1.67 bits per heavy atom. The van der Waals surface area contributed by atoms with Crippen LogP contribution in [0.15, 0.2) is 8.68 Å². The van der Waals surface area contributed by atoms with Crippen LogP contribution in [0.2, 0.25) is 0 Å². The fourth-order valence-electron chi connectivity index (χ4n) is 0.721. The van der Waals surface area contributed by atoms with Crippen molar-refractivity contribution in [3.63, 3.8) is 0 Å². The third kappa shape index (κ3) is 4.67. The quantitative estimate of drug-likeness (QED) is 0.358. The van der Waals surface area contributed by atoms with Crippen LogP contribution in [0.5, 0.6) is 0 Å². The molecule has 1 aromatic rings. The van der Waals surface area contributed by atoms with Crippen LogP contribution in [-0.4, -0.2) is 29.0 Å². The summed E-state index contributed by atoms with van der Waals surface area (Å²) in [4.78, 5) is 11.0. The van der Waals surface area contributed by atoms with Gasteiger partial charge in [0.05, 0.1) is 17.4 Å². The van der Waals surface area contributed by atoms with Gasteiger partial charge in [0, 0.05) is 13.2 Å². The molecule has 1 heterocycles. The number of hydrogen-bond acceptors (Lipinski definition) is 7. The highest BCUT2D eigenvalue weighted by Gasteiger charge is 2.12. The molecule has 0 N–H and O–H groups in total. The molecule has 1 rings (SSSR count). The number of methoxy groups -OCH3 is 1. The molecule has 0 saturated heterocycles. The monoisotopic (exact) mass is 264 g/mol. The van der Waals surface area contributed by atoms with E-state index in [1.807, 2.05) is 6.92 Å². The molecule has 1 atom stereocenters. The molecule has 0 spiro atoms. The number of aromatic nitrogens is 2. The van der Waals surface area contributed by atoms with Gasteiger partial charge in [0.25, 0.3) is 0 Å². The fraction of sp³-hybridized carbons (Fsp3) is 0.500. The van der Waals surface area contributed by atoms with Gasteiger partial charge in [0.1, 0.15) is 0 Å². The number of carbonyl (C=O) groups excluding carboxylic acids is 1. The molecule has 4 nitrogen and oxygen atoms in total. The van der Waals surface area contributed by atoms with Crippen LogP contribution in [0.3, 0.4) is 0 Å². The first-order valence-corrected chi connectivity index (χ1v) is 6.05. The molecule has 84 valence electrons. The topological polar surface area (TPSA) is 52.1 Å². The Bertz CT molecular complexity index is 317. The Hall–Kier alpha value is -0.530. The highest BCUT2D eigenvalue weighted by atomic mass is 32.2. The van der Waals surface area contributed by atoms with E-state index >= 15 is 0 Å². The Morgan fingerprint density at radius 3 is 2.80 bits per heavy atom. The third-order valence-corrected chi connectivity index (χ3v) is 3.89. The zero-order valence-corrected chi connectivity index (χ0v) is 11.2. The average molecular weight is 264 g/mol. The van der Waals surface area contributed by atoms with E-state index < -0.39 is 0 Å². The van der Waals surface area contributed by atoms with Crippen LogP contribution in [0.4, 0.5) is 0 Å². The van der Waals surface area contributed by atoms with Crippen LogP contribution < -0.4 is 0 Å². The van der Waals surface area contributed by atoms with Gasteiger partial charge in [0.15, 0.2) is 0 Å². The zero-order valence-electron chi connectivity index (χ0n) is 8.72. The van der Waals surface area contributed by atoms with E-state index in [1.165, 1.54) is 30.2 Å². The van der Waals surface area contributed by atoms with Crippen molar-refractivity contribution in [3.8, 4) is 0 Å². The number of esters is 1. The van der Waals surface area contributed by atoms with Gasteiger partial charge in [-0.15, -0.1) is 11.8 Å². The summed E-state index contributed by atoms with van der Waals surface area (Å²) >= 11 is 7.65.